The molecule has 2 heteroatoms. The minimum Gasteiger partial charge on any atom is -0.295 e. The van der Waals surface area contributed by atoms with Crippen molar-refractivity contribution in [3.8, 4) is 0 Å². The van der Waals surface area contributed by atoms with E-state index in [0.717, 1.165) is 10.9 Å². The molecule has 0 spiro atoms. The van der Waals surface area contributed by atoms with Gasteiger partial charge in [0.1, 0.15) is 0 Å². The highest BCUT2D eigenvalue weighted by Gasteiger charge is 2.19. The molecule has 0 saturated heterocycles. The summed E-state index contributed by atoms with van der Waals surface area (Å²) in [5.41, 5.74) is 2.46. The van der Waals surface area contributed by atoms with E-state index >= 15 is 0 Å². The van der Waals surface area contributed by atoms with Gasteiger partial charge in [0, 0.05) is 10.9 Å². The number of hydrogen-bond acceptors (Lipinski definition) is 1. The zero-order chi connectivity index (χ0) is 10.8. The van der Waals surface area contributed by atoms with E-state index in [-0.39, 0.29) is 5.78 Å². The first-order valence-corrected chi connectivity index (χ1v) is 5.90. The van der Waals surface area contributed by atoms with Crippen molar-refractivity contribution in [3.05, 3.63) is 46.0 Å². The average molecular weight is 265 g/mol. The van der Waals surface area contributed by atoms with E-state index < -0.39 is 0 Å². The average Bonchev–Trinajstić information content (AvgIpc) is 2.17. The molecule has 0 aliphatic heterocycles. The molecule has 1 aromatic carbocycles. The zero-order valence-corrected chi connectivity index (χ0v) is 10.3. The predicted octanol–water partition coefficient (Wildman–Crippen LogP) is 3.84. The molecular weight excluding hydrogens is 252 g/mol. The summed E-state index contributed by atoms with van der Waals surface area (Å²) in [6.07, 6.45) is 3.43. The molecule has 1 aromatic rings. The third-order valence-corrected chi connectivity index (χ3v) is 3.29. The lowest BCUT2D eigenvalue weighted by atomic mass is 9.84. The molecule has 78 valence electrons. The van der Waals surface area contributed by atoms with Crippen molar-refractivity contribution < 1.29 is 4.79 Å². The van der Waals surface area contributed by atoms with Gasteiger partial charge in [0.2, 0.25) is 0 Å². The number of halogens is 1. The monoisotopic (exact) mass is 264 g/mol. The van der Waals surface area contributed by atoms with E-state index in [9.17, 15) is 4.79 Å². The fraction of sp³-hybridized carbons (Fsp3) is 0.308. The first kappa shape index (κ1) is 10.6. The van der Waals surface area contributed by atoms with E-state index in [0.29, 0.717) is 12.3 Å². The highest BCUT2D eigenvalue weighted by Crippen LogP contribution is 2.31. The lowest BCUT2D eigenvalue weighted by molar-refractivity contribution is -0.115. The van der Waals surface area contributed by atoms with Crippen molar-refractivity contribution in [2.45, 2.75) is 25.7 Å². The van der Waals surface area contributed by atoms with Crippen molar-refractivity contribution in [2.75, 3.05) is 0 Å². The molecule has 1 atom stereocenters. The second-order valence-corrected chi connectivity index (χ2v) is 5.03. The largest absolute Gasteiger partial charge is 0.295 e. The second kappa shape index (κ2) is 4.31. The predicted molar refractivity (Wildman–Crippen MR) is 64.9 cm³/mol. The lowest BCUT2D eigenvalue weighted by Gasteiger charge is -2.20. The van der Waals surface area contributed by atoms with Crippen LogP contribution in [-0.2, 0) is 4.79 Å². The highest BCUT2D eigenvalue weighted by atomic mass is 79.9. The van der Waals surface area contributed by atoms with E-state index in [4.69, 9.17) is 0 Å². The lowest BCUT2D eigenvalue weighted by Crippen LogP contribution is -2.11. The van der Waals surface area contributed by atoms with Crippen molar-refractivity contribution in [3.63, 3.8) is 0 Å². The van der Waals surface area contributed by atoms with Crippen molar-refractivity contribution in [1.82, 2.24) is 0 Å². The van der Waals surface area contributed by atoms with Gasteiger partial charge in [-0.15, -0.1) is 0 Å². The Bertz CT molecular complexity index is 403. The van der Waals surface area contributed by atoms with E-state index in [1.54, 1.807) is 6.08 Å². The third kappa shape index (κ3) is 2.57. The summed E-state index contributed by atoms with van der Waals surface area (Å²) < 4.78 is 1.08. The van der Waals surface area contributed by atoms with Crippen LogP contribution in [0.5, 0.6) is 0 Å². The Morgan fingerprint density at radius 1 is 1.20 bits per heavy atom. The molecule has 1 nitrogen and oxygen atoms in total. The molecule has 0 N–H and O–H groups in total. The zero-order valence-electron chi connectivity index (χ0n) is 8.66. The summed E-state index contributed by atoms with van der Waals surface area (Å²) in [5.74, 6) is 0.627. The standard InChI is InChI=1S/C13H13BrO/c1-9-6-11(8-13(15)7-9)10-2-4-12(14)5-3-10/h2-5,7,11H,6,8H2,1H3/t11-/m1/s1. The maximum atomic E-state index is 11.4. The first-order chi connectivity index (χ1) is 7.15. The van der Waals surface area contributed by atoms with Crippen LogP contribution >= 0.6 is 15.9 Å². The Kier molecular flexibility index (Phi) is 3.06. The quantitative estimate of drug-likeness (QED) is 0.753. The van der Waals surface area contributed by atoms with Crippen molar-refractivity contribution in [1.29, 1.82) is 0 Å². The minimum atomic E-state index is 0.256. The Labute approximate surface area is 98.3 Å². The number of allylic oxidation sites excluding steroid dienone is 2. The Morgan fingerprint density at radius 2 is 1.87 bits per heavy atom. The second-order valence-electron chi connectivity index (χ2n) is 4.11. The van der Waals surface area contributed by atoms with Gasteiger partial charge < -0.3 is 0 Å². The molecule has 2 rings (SSSR count). The number of ketones is 1. The van der Waals surface area contributed by atoms with Gasteiger partial charge in [-0.05, 0) is 43.0 Å². The van der Waals surface area contributed by atoms with Crippen LogP contribution in [0, 0.1) is 0 Å². The SMILES string of the molecule is CC1=CC(=O)C[C@H](c2ccc(Br)cc2)C1. The van der Waals surface area contributed by atoms with Gasteiger partial charge in [0.15, 0.2) is 5.78 Å². The minimum absolute atomic E-state index is 0.256. The number of benzene rings is 1. The van der Waals surface area contributed by atoms with Crippen LogP contribution in [0.4, 0.5) is 0 Å². The van der Waals surface area contributed by atoms with Gasteiger partial charge >= 0.3 is 0 Å². The Hall–Kier alpha value is -0.890. The van der Waals surface area contributed by atoms with Gasteiger partial charge in [-0.3, -0.25) is 4.79 Å². The molecule has 1 aliphatic carbocycles. The third-order valence-electron chi connectivity index (χ3n) is 2.76. The molecule has 0 fully saturated rings. The molecule has 1 aliphatic rings. The van der Waals surface area contributed by atoms with Gasteiger partial charge in [0.25, 0.3) is 0 Å². The molecule has 0 radical (unpaired) electrons. The van der Waals surface area contributed by atoms with Crippen LogP contribution in [0.2, 0.25) is 0 Å². The number of rotatable bonds is 1. The summed E-state index contributed by atoms with van der Waals surface area (Å²) in [5, 5.41) is 0. The highest BCUT2D eigenvalue weighted by molar-refractivity contribution is 9.10. The first-order valence-electron chi connectivity index (χ1n) is 5.10. The maximum Gasteiger partial charge on any atom is 0.156 e. The molecule has 0 aromatic heterocycles. The van der Waals surface area contributed by atoms with E-state index in [1.165, 1.54) is 11.1 Å². The number of hydrogen-bond donors (Lipinski definition) is 0. The van der Waals surface area contributed by atoms with Gasteiger partial charge in [-0.2, -0.15) is 0 Å². The van der Waals surface area contributed by atoms with Gasteiger partial charge in [0.05, 0.1) is 0 Å². The van der Waals surface area contributed by atoms with Gasteiger partial charge in [-0.25, -0.2) is 0 Å². The van der Waals surface area contributed by atoms with Crippen molar-refractivity contribution in [2.24, 2.45) is 0 Å². The van der Waals surface area contributed by atoms with Crippen molar-refractivity contribution >= 4 is 21.7 Å². The van der Waals surface area contributed by atoms with Crippen LogP contribution in [0.3, 0.4) is 0 Å². The number of carbonyl (C=O) groups is 1. The molecule has 0 saturated carbocycles. The summed E-state index contributed by atoms with van der Waals surface area (Å²) in [6, 6.07) is 8.27. The molecular formula is C13H13BrO. The Morgan fingerprint density at radius 3 is 2.47 bits per heavy atom. The van der Waals surface area contributed by atoms with Crippen LogP contribution < -0.4 is 0 Å². The topological polar surface area (TPSA) is 17.1 Å². The molecule has 15 heavy (non-hydrogen) atoms. The summed E-state index contributed by atoms with van der Waals surface area (Å²) >= 11 is 3.41. The van der Waals surface area contributed by atoms with Crippen LogP contribution in [-0.4, -0.2) is 5.78 Å². The molecule has 0 unspecified atom stereocenters. The fourth-order valence-corrected chi connectivity index (χ4v) is 2.33. The fourth-order valence-electron chi connectivity index (χ4n) is 2.07. The summed E-state index contributed by atoms with van der Waals surface area (Å²) in [6.45, 7) is 2.03. The smallest absolute Gasteiger partial charge is 0.156 e. The van der Waals surface area contributed by atoms with Gasteiger partial charge in [-0.1, -0.05) is 33.6 Å². The van der Waals surface area contributed by atoms with E-state index in [2.05, 4.69) is 28.1 Å². The summed E-state index contributed by atoms with van der Waals surface area (Å²) in [4.78, 5) is 11.4. The normalized spacial score (nSPS) is 21.3. The number of carbonyl (C=O) groups excluding carboxylic acids is 1. The Balaban J connectivity index is 2.22. The van der Waals surface area contributed by atoms with Crippen LogP contribution in [0.25, 0.3) is 0 Å². The van der Waals surface area contributed by atoms with Crippen LogP contribution in [0.15, 0.2) is 40.4 Å². The van der Waals surface area contributed by atoms with Crippen LogP contribution in [0.1, 0.15) is 31.2 Å². The maximum absolute atomic E-state index is 11.4. The molecule has 0 bridgehead atoms. The summed E-state index contributed by atoms with van der Waals surface area (Å²) in [7, 11) is 0. The molecule has 0 amide bonds. The van der Waals surface area contributed by atoms with E-state index in [1.807, 2.05) is 19.1 Å². The molecule has 0 heterocycles.